The van der Waals surface area contributed by atoms with Crippen LogP contribution in [0, 0.1) is 0 Å². The SMILES string of the molecule is CCOC(=O)C(C=NCCCCc1ccccc1)=C(O)c1ccccc1Cl. The van der Waals surface area contributed by atoms with Crippen molar-refractivity contribution >= 4 is 29.5 Å². The van der Waals surface area contributed by atoms with Gasteiger partial charge in [-0.15, -0.1) is 0 Å². The van der Waals surface area contributed by atoms with Crippen LogP contribution in [0.1, 0.15) is 30.9 Å². The molecule has 0 aliphatic heterocycles. The van der Waals surface area contributed by atoms with Crippen LogP contribution >= 0.6 is 11.6 Å². The van der Waals surface area contributed by atoms with Crippen LogP contribution in [0.25, 0.3) is 5.76 Å². The van der Waals surface area contributed by atoms with Crippen LogP contribution in [0.2, 0.25) is 5.02 Å². The van der Waals surface area contributed by atoms with Gasteiger partial charge in [0.15, 0.2) is 0 Å². The summed E-state index contributed by atoms with van der Waals surface area (Å²) in [6.07, 6.45) is 4.24. The number of halogens is 1. The monoisotopic (exact) mass is 385 g/mol. The van der Waals surface area contributed by atoms with Gasteiger partial charge < -0.3 is 9.84 Å². The Labute approximate surface area is 165 Å². The summed E-state index contributed by atoms with van der Waals surface area (Å²) in [4.78, 5) is 16.5. The van der Waals surface area contributed by atoms with Crippen LogP contribution in [0.15, 0.2) is 65.2 Å². The van der Waals surface area contributed by atoms with Crippen LogP contribution < -0.4 is 0 Å². The number of aryl methyl sites for hydroxylation is 1. The lowest BCUT2D eigenvalue weighted by Crippen LogP contribution is -2.11. The number of benzene rings is 2. The van der Waals surface area contributed by atoms with E-state index in [1.807, 2.05) is 18.2 Å². The minimum atomic E-state index is -0.622. The normalized spacial score (nSPS) is 12.1. The third kappa shape index (κ3) is 6.57. The molecule has 0 radical (unpaired) electrons. The van der Waals surface area contributed by atoms with Gasteiger partial charge in [0.2, 0.25) is 0 Å². The highest BCUT2D eigenvalue weighted by Crippen LogP contribution is 2.24. The number of nitrogens with zero attached hydrogens (tertiary/aromatic N) is 1. The zero-order chi connectivity index (χ0) is 19.5. The first-order valence-electron chi connectivity index (χ1n) is 9.02. The number of hydrogen-bond donors (Lipinski definition) is 1. The lowest BCUT2D eigenvalue weighted by atomic mass is 10.1. The second-order valence-corrected chi connectivity index (χ2v) is 6.35. The zero-order valence-electron chi connectivity index (χ0n) is 15.4. The highest BCUT2D eigenvalue weighted by molar-refractivity contribution is 6.32. The summed E-state index contributed by atoms with van der Waals surface area (Å²) in [6, 6.07) is 17.1. The van der Waals surface area contributed by atoms with Crippen LogP contribution in [0.4, 0.5) is 0 Å². The first-order valence-corrected chi connectivity index (χ1v) is 9.40. The molecule has 0 saturated heterocycles. The largest absolute Gasteiger partial charge is 0.506 e. The molecule has 0 atom stereocenters. The number of carbonyl (C=O) groups excluding carboxylic acids is 1. The van der Waals surface area contributed by atoms with E-state index in [9.17, 15) is 9.90 Å². The molecule has 0 aliphatic rings. The standard InChI is InChI=1S/C22H24ClNO3/c1-2-27-22(26)19(21(25)18-13-6-7-14-20(18)23)16-24-15-9-8-12-17-10-4-3-5-11-17/h3-7,10-11,13-14,16,25H,2,8-9,12,15H2,1H3. The Morgan fingerprint density at radius 3 is 2.52 bits per heavy atom. The van der Waals surface area contributed by atoms with Gasteiger partial charge in [0, 0.05) is 18.3 Å². The lowest BCUT2D eigenvalue weighted by molar-refractivity contribution is -0.137. The molecule has 142 valence electrons. The number of ether oxygens (including phenoxy) is 1. The maximum Gasteiger partial charge on any atom is 0.343 e. The quantitative estimate of drug-likeness (QED) is 0.210. The second-order valence-electron chi connectivity index (χ2n) is 5.94. The van der Waals surface area contributed by atoms with E-state index in [2.05, 4.69) is 17.1 Å². The number of esters is 1. The Bertz CT molecular complexity index is 800. The summed E-state index contributed by atoms with van der Waals surface area (Å²) in [6.45, 7) is 2.48. The van der Waals surface area contributed by atoms with Crippen molar-refractivity contribution in [2.45, 2.75) is 26.2 Å². The first kappa shape index (κ1) is 20.7. The molecule has 0 heterocycles. The Morgan fingerprint density at radius 1 is 1.11 bits per heavy atom. The molecule has 5 heteroatoms. The van der Waals surface area contributed by atoms with E-state index in [0.717, 1.165) is 19.3 Å². The van der Waals surface area contributed by atoms with Gasteiger partial charge in [-0.05, 0) is 43.9 Å². The molecule has 0 saturated carbocycles. The van der Waals surface area contributed by atoms with Crippen molar-refractivity contribution in [2.24, 2.45) is 4.99 Å². The lowest BCUT2D eigenvalue weighted by Gasteiger charge is -2.08. The molecule has 0 bridgehead atoms. The Kier molecular flexibility index (Phi) is 8.59. The summed E-state index contributed by atoms with van der Waals surface area (Å²) in [5.41, 5.74) is 1.68. The fraction of sp³-hybridized carbons (Fsp3) is 0.273. The summed E-state index contributed by atoms with van der Waals surface area (Å²) in [7, 11) is 0. The molecule has 2 aromatic carbocycles. The molecule has 0 spiro atoms. The summed E-state index contributed by atoms with van der Waals surface area (Å²) in [5.74, 6) is -0.852. The van der Waals surface area contributed by atoms with Gasteiger partial charge in [-0.3, -0.25) is 4.99 Å². The molecule has 0 aromatic heterocycles. The van der Waals surface area contributed by atoms with Gasteiger partial charge in [-0.1, -0.05) is 54.1 Å². The first-order chi connectivity index (χ1) is 13.1. The summed E-state index contributed by atoms with van der Waals surface area (Å²) in [5, 5.41) is 10.9. The van der Waals surface area contributed by atoms with Crippen molar-refractivity contribution in [3.63, 3.8) is 0 Å². The van der Waals surface area contributed by atoms with Crippen molar-refractivity contribution in [3.05, 3.63) is 76.3 Å². The van der Waals surface area contributed by atoms with Gasteiger partial charge in [0.1, 0.15) is 11.3 Å². The number of aliphatic hydroxyl groups excluding tert-OH is 1. The fourth-order valence-electron chi connectivity index (χ4n) is 2.55. The fourth-order valence-corrected chi connectivity index (χ4v) is 2.78. The van der Waals surface area contributed by atoms with Crippen LogP contribution in [-0.2, 0) is 16.0 Å². The molecule has 0 fully saturated rings. The van der Waals surface area contributed by atoms with Crippen molar-refractivity contribution < 1.29 is 14.6 Å². The molecule has 27 heavy (non-hydrogen) atoms. The molecular weight excluding hydrogens is 362 g/mol. The maximum absolute atomic E-state index is 12.2. The van der Waals surface area contributed by atoms with Crippen molar-refractivity contribution in [1.82, 2.24) is 0 Å². The Balaban J connectivity index is 2.02. The molecule has 2 rings (SSSR count). The topological polar surface area (TPSA) is 58.9 Å². The van der Waals surface area contributed by atoms with Crippen molar-refractivity contribution in [3.8, 4) is 0 Å². The molecule has 1 N–H and O–H groups in total. The van der Waals surface area contributed by atoms with Gasteiger partial charge in [-0.2, -0.15) is 0 Å². The smallest absolute Gasteiger partial charge is 0.343 e. The molecule has 0 unspecified atom stereocenters. The van der Waals surface area contributed by atoms with Gasteiger partial charge >= 0.3 is 5.97 Å². The predicted molar refractivity (Wildman–Crippen MR) is 110 cm³/mol. The Hall–Kier alpha value is -2.59. The third-order valence-electron chi connectivity index (χ3n) is 3.95. The number of hydrogen-bond acceptors (Lipinski definition) is 4. The molecule has 2 aromatic rings. The number of aliphatic imine (C=N–C) groups is 1. The minimum Gasteiger partial charge on any atom is -0.506 e. The zero-order valence-corrected chi connectivity index (χ0v) is 16.2. The average molecular weight is 386 g/mol. The highest BCUT2D eigenvalue weighted by Gasteiger charge is 2.17. The summed E-state index contributed by atoms with van der Waals surface area (Å²) >= 11 is 6.11. The number of carbonyl (C=O) groups is 1. The van der Waals surface area contributed by atoms with Crippen molar-refractivity contribution in [2.75, 3.05) is 13.2 Å². The van der Waals surface area contributed by atoms with Gasteiger partial charge in [0.05, 0.1) is 11.6 Å². The van der Waals surface area contributed by atoms with E-state index < -0.39 is 5.97 Å². The maximum atomic E-state index is 12.2. The molecule has 0 aliphatic carbocycles. The van der Waals surface area contributed by atoms with Gasteiger partial charge in [-0.25, -0.2) is 4.79 Å². The number of unbranched alkanes of at least 4 members (excludes halogenated alkanes) is 1. The summed E-state index contributed by atoms with van der Waals surface area (Å²) < 4.78 is 5.03. The van der Waals surface area contributed by atoms with Crippen LogP contribution in [0.3, 0.4) is 0 Å². The third-order valence-corrected chi connectivity index (χ3v) is 4.27. The number of rotatable bonds is 9. The Morgan fingerprint density at radius 2 is 1.81 bits per heavy atom. The van der Waals surface area contributed by atoms with Gasteiger partial charge in [0.25, 0.3) is 0 Å². The molecular formula is C22H24ClNO3. The molecule has 4 nitrogen and oxygen atoms in total. The number of aliphatic hydroxyl groups is 1. The van der Waals surface area contributed by atoms with Crippen LogP contribution in [-0.4, -0.2) is 30.4 Å². The van der Waals surface area contributed by atoms with Crippen LogP contribution in [0.5, 0.6) is 0 Å². The van der Waals surface area contributed by atoms with Crippen molar-refractivity contribution in [1.29, 1.82) is 0 Å². The van der Waals surface area contributed by atoms with E-state index in [1.165, 1.54) is 11.8 Å². The molecule has 0 amide bonds. The van der Waals surface area contributed by atoms with E-state index in [1.54, 1.807) is 31.2 Å². The minimum absolute atomic E-state index is 0.00742. The van der Waals surface area contributed by atoms with E-state index >= 15 is 0 Å². The predicted octanol–water partition coefficient (Wildman–Crippen LogP) is 5.27. The van der Waals surface area contributed by atoms with E-state index in [-0.39, 0.29) is 17.9 Å². The average Bonchev–Trinajstić information content (AvgIpc) is 2.68. The van der Waals surface area contributed by atoms with E-state index in [0.29, 0.717) is 17.1 Å². The van der Waals surface area contributed by atoms with E-state index in [4.69, 9.17) is 16.3 Å². The second kappa shape index (κ2) is 11.2. The highest BCUT2D eigenvalue weighted by atomic mass is 35.5.